The number of likely N-dealkylation sites (tertiary alicyclic amines) is 1. The maximum atomic E-state index is 5.65. The molecule has 2 rings (SSSR count). The molecule has 1 aliphatic rings. The average Bonchev–Trinajstić information content (AvgIpc) is 2.78. The summed E-state index contributed by atoms with van der Waals surface area (Å²) in [7, 11) is 0. The summed E-state index contributed by atoms with van der Waals surface area (Å²) in [5.41, 5.74) is 1.15. The number of rotatable bonds is 5. The molecule has 18 heavy (non-hydrogen) atoms. The van der Waals surface area contributed by atoms with Gasteiger partial charge in [0.15, 0.2) is 0 Å². The Hall–Kier alpha value is -1.35. The lowest BCUT2D eigenvalue weighted by Crippen LogP contribution is -2.20. The van der Waals surface area contributed by atoms with Gasteiger partial charge in [0.25, 0.3) is 0 Å². The highest BCUT2D eigenvalue weighted by Crippen LogP contribution is 2.26. The first-order chi connectivity index (χ1) is 8.69. The predicted octanol–water partition coefficient (Wildman–Crippen LogP) is 2.84. The highest BCUT2D eigenvalue weighted by molar-refractivity contribution is 5.20. The summed E-state index contributed by atoms with van der Waals surface area (Å²) in [6, 6.07) is 6.07. The molecule has 1 aromatic heterocycles. The van der Waals surface area contributed by atoms with E-state index in [4.69, 9.17) is 4.74 Å². The fourth-order valence-electron chi connectivity index (χ4n) is 2.39. The number of ether oxygens (including phenoxy) is 1. The summed E-state index contributed by atoms with van der Waals surface area (Å²) in [5.74, 6) is 1.27. The lowest BCUT2D eigenvalue weighted by atomic mass is 10.0. The third-order valence-corrected chi connectivity index (χ3v) is 3.18. The number of hydrogen-bond donors (Lipinski definition) is 0. The predicted molar refractivity (Wildman–Crippen MR) is 74.0 cm³/mol. The van der Waals surface area contributed by atoms with Gasteiger partial charge < -0.3 is 4.74 Å². The molecule has 0 saturated carbocycles. The number of nitrogens with zero attached hydrogens (tertiary/aromatic N) is 2. The van der Waals surface area contributed by atoms with Gasteiger partial charge in [0, 0.05) is 30.8 Å². The molecule has 0 N–H and O–H groups in total. The fraction of sp³-hybridized carbons (Fsp3) is 0.533. The standard InChI is InChI=1S/C15H22N2O/c1-4-9-17-10-8-13(11-17)14-6-5-7-15(16-14)18-12(2)3/h4-7,12-13H,1,8-11H2,2-3H3. The first kappa shape index (κ1) is 13.1. The summed E-state index contributed by atoms with van der Waals surface area (Å²) < 4.78 is 5.65. The van der Waals surface area contributed by atoms with Crippen molar-refractivity contribution in [2.75, 3.05) is 19.6 Å². The van der Waals surface area contributed by atoms with E-state index in [9.17, 15) is 0 Å². The Bertz CT molecular complexity index is 403. The van der Waals surface area contributed by atoms with Crippen LogP contribution in [-0.4, -0.2) is 35.6 Å². The van der Waals surface area contributed by atoms with Crippen LogP contribution >= 0.6 is 0 Å². The topological polar surface area (TPSA) is 25.4 Å². The first-order valence-corrected chi connectivity index (χ1v) is 6.66. The Morgan fingerprint density at radius 1 is 1.56 bits per heavy atom. The molecule has 0 radical (unpaired) electrons. The van der Waals surface area contributed by atoms with Gasteiger partial charge >= 0.3 is 0 Å². The lowest BCUT2D eigenvalue weighted by Gasteiger charge is -2.14. The van der Waals surface area contributed by atoms with Crippen LogP contribution in [0.2, 0.25) is 0 Å². The van der Waals surface area contributed by atoms with Crippen molar-refractivity contribution in [3.05, 3.63) is 36.5 Å². The van der Waals surface area contributed by atoms with Gasteiger partial charge in [-0.2, -0.15) is 0 Å². The summed E-state index contributed by atoms with van der Waals surface area (Å²) in [6.45, 7) is 11.0. The van der Waals surface area contributed by atoms with E-state index < -0.39 is 0 Å². The van der Waals surface area contributed by atoms with Crippen molar-refractivity contribution < 1.29 is 4.74 Å². The lowest BCUT2D eigenvalue weighted by molar-refractivity contribution is 0.231. The Morgan fingerprint density at radius 2 is 2.39 bits per heavy atom. The molecule has 3 heteroatoms. The van der Waals surface area contributed by atoms with Crippen LogP contribution in [-0.2, 0) is 0 Å². The van der Waals surface area contributed by atoms with Gasteiger partial charge in [0.1, 0.15) is 0 Å². The van der Waals surface area contributed by atoms with Gasteiger partial charge in [0.05, 0.1) is 6.10 Å². The second-order valence-corrected chi connectivity index (χ2v) is 5.10. The van der Waals surface area contributed by atoms with Crippen LogP contribution in [0.1, 0.15) is 31.9 Å². The zero-order chi connectivity index (χ0) is 13.0. The molecule has 98 valence electrons. The molecule has 0 amide bonds. The maximum absolute atomic E-state index is 5.65. The van der Waals surface area contributed by atoms with Gasteiger partial charge in [-0.3, -0.25) is 4.90 Å². The van der Waals surface area contributed by atoms with Gasteiger partial charge in [0.2, 0.25) is 5.88 Å². The zero-order valence-corrected chi connectivity index (χ0v) is 11.3. The minimum atomic E-state index is 0.175. The molecule has 0 aromatic carbocycles. The van der Waals surface area contributed by atoms with E-state index in [2.05, 4.69) is 22.5 Å². The van der Waals surface area contributed by atoms with Crippen molar-refractivity contribution in [3.63, 3.8) is 0 Å². The largest absolute Gasteiger partial charge is 0.475 e. The van der Waals surface area contributed by atoms with Crippen LogP contribution in [0, 0.1) is 0 Å². The van der Waals surface area contributed by atoms with Crippen LogP contribution < -0.4 is 4.74 Å². The summed E-state index contributed by atoms with van der Waals surface area (Å²) in [5, 5.41) is 0. The van der Waals surface area contributed by atoms with Crippen molar-refractivity contribution >= 4 is 0 Å². The SMILES string of the molecule is C=CCN1CCC(c2cccc(OC(C)C)n2)C1. The van der Waals surface area contributed by atoms with Gasteiger partial charge in [-0.05, 0) is 32.9 Å². The number of hydrogen-bond acceptors (Lipinski definition) is 3. The van der Waals surface area contributed by atoms with Crippen molar-refractivity contribution in [2.24, 2.45) is 0 Å². The van der Waals surface area contributed by atoms with Gasteiger partial charge in [-0.1, -0.05) is 12.1 Å². The Balaban J connectivity index is 2.03. The smallest absolute Gasteiger partial charge is 0.213 e. The van der Waals surface area contributed by atoms with Crippen molar-refractivity contribution in [3.8, 4) is 5.88 Å². The third kappa shape index (κ3) is 3.33. The average molecular weight is 246 g/mol. The van der Waals surface area contributed by atoms with E-state index >= 15 is 0 Å². The molecule has 1 aromatic rings. The van der Waals surface area contributed by atoms with Crippen LogP contribution in [0.25, 0.3) is 0 Å². The quantitative estimate of drug-likeness (QED) is 0.747. The third-order valence-electron chi connectivity index (χ3n) is 3.18. The molecule has 0 bridgehead atoms. The number of aromatic nitrogens is 1. The molecule has 0 aliphatic carbocycles. The van der Waals surface area contributed by atoms with Crippen molar-refractivity contribution in [1.29, 1.82) is 0 Å². The van der Waals surface area contributed by atoms with Crippen LogP contribution in [0.3, 0.4) is 0 Å². The minimum absolute atomic E-state index is 0.175. The molecular formula is C15H22N2O. The molecule has 1 fully saturated rings. The normalized spacial score (nSPS) is 20.3. The molecule has 1 aliphatic heterocycles. The maximum Gasteiger partial charge on any atom is 0.213 e. The van der Waals surface area contributed by atoms with E-state index in [-0.39, 0.29) is 6.10 Å². The monoisotopic (exact) mass is 246 g/mol. The highest BCUT2D eigenvalue weighted by Gasteiger charge is 2.24. The summed E-state index contributed by atoms with van der Waals surface area (Å²) in [6.07, 6.45) is 3.31. The second-order valence-electron chi connectivity index (χ2n) is 5.10. The summed E-state index contributed by atoms with van der Waals surface area (Å²) >= 11 is 0. The molecule has 2 heterocycles. The van der Waals surface area contributed by atoms with E-state index in [1.54, 1.807) is 0 Å². The van der Waals surface area contributed by atoms with E-state index in [0.717, 1.165) is 31.2 Å². The van der Waals surface area contributed by atoms with Crippen molar-refractivity contribution in [1.82, 2.24) is 9.88 Å². The second kappa shape index (κ2) is 6.01. The van der Waals surface area contributed by atoms with Crippen molar-refractivity contribution in [2.45, 2.75) is 32.3 Å². The highest BCUT2D eigenvalue weighted by atomic mass is 16.5. The molecule has 0 spiro atoms. The Morgan fingerprint density at radius 3 is 3.11 bits per heavy atom. The molecule has 1 unspecified atom stereocenters. The zero-order valence-electron chi connectivity index (χ0n) is 11.3. The molecular weight excluding hydrogens is 224 g/mol. The first-order valence-electron chi connectivity index (χ1n) is 6.66. The van der Waals surface area contributed by atoms with E-state index in [1.807, 2.05) is 32.1 Å². The summed E-state index contributed by atoms with van der Waals surface area (Å²) in [4.78, 5) is 7.03. The van der Waals surface area contributed by atoms with Gasteiger partial charge in [-0.15, -0.1) is 6.58 Å². The van der Waals surface area contributed by atoms with Gasteiger partial charge in [-0.25, -0.2) is 4.98 Å². The molecule has 1 atom stereocenters. The fourth-order valence-corrected chi connectivity index (χ4v) is 2.39. The Labute approximate surface area is 109 Å². The van der Waals surface area contributed by atoms with Crippen LogP contribution in [0.15, 0.2) is 30.9 Å². The minimum Gasteiger partial charge on any atom is -0.475 e. The van der Waals surface area contributed by atoms with Crippen LogP contribution in [0.4, 0.5) is 0 Å². The molecule has 3 nitrogen and oxygen atoms in total. The van der Waals surface area contributed by atoms with E-state index in [1.165, 1.54) is 6.42 Å². The van der Waals surface area contributed by atoms with E-state index in [0.29, 0.717) is 5.92 Å². The molecule has 1 saturated heterocycles. The Kier molecular flexibility index (Phi) is 4.37. The number of pyridine rings is 1. The van der Waals surface area contributed by atoms with Crippen LogP contribution in [0.5, 0.6) is 5.88 Å².